The van der Waals surface area contributed by atoms with E-state index in [1.807, 2.05) is 60.7 Å². The number of fused-ring (bicyclic) bond motifs is 4. The molecule has 8 heteroatoms. The molecule has 6 aromatic rings. The van der Waals surface area contributed by atoms with E-state index in [0.717, 1.165) is 105 Å². The van der Waals surface area contributed by atoms with Crippen molar-refractivity contribution in [1.29, 1.82) is 0 Å². The molecule has 0 saturated carbocycles. The van der Waals surface area contributed by atoms with Crippen LogP contribution in [0.3, 0.4) is 0 Å². The van der Waals surface area contributed by atoms with Crippen LogP contribution >= 0.6 is 23.2 Å². The minimum Gasteiger partial charge on any atom is -0.497 e. The summed E-state index contributed by atoms with van der Waals surface area (Å²) in [6.45, 7) is 1.52. The number of hydrogen-bond acceptors (Lipinski definition) is 6. The van der Waals surface area contributed by atoms with E-state index < -0.39 is 0 Å². The van der Waals surface area contributed by atoms with Gasteiger partial charge >= 0.3 is 0 Å². The molecule has 0 atom stereocenters. The van der Waals surface area contributed by atoms with Crippen LogP contribution in [0.4, 0.5) is 11.4 Å². The van der Waals surface area contributed by atoms with E-state index in [9.17, 15) is 0 Å². The Morgan fingerprint density at radius 2 is 1.05 bits per heavy atom. The van der Waals surface area contributed by atoms with E-state index in [1.54, 1.807) is 14.2 Å². The highest BCUT2D eigenvalue weighted by Crippen LogP contribution is 2.45. The largest absolute Gasteiger partial charge is 0.497 e. The molecule has 0 aliphatic heterocycles. The third-order valence-corrected chi connectivity index (χ3v) is 8.68. The molecule has 0 radical (unpaired) electrons. The summed E-state index contributed by atoms with van der Waals surface area (Å²) in [4.78, 5) is 12.5. The van der Waals surface area contributed by atoms with Gasteiger partial charge in [-0.15, -0.1) is 0 Å². The first-order valence-corrected chi connectivity index (χ1v) is 15.9. The van der Waals surface area contributed by atoms with E-state index in [1.165, 1.54) is 12.8 Å². The van der Waals surface area contributed by atoms with Gasteiger partial charge in [0.15, 0.2) is 0 Å². The van der Waals surface area contributed by atoms with E-state index in [-0.39, 0.29) is 0 Å². The van der Waals surface area contributed by atoms with Crippen LogP contribution < -0.4 is 20.1 Å². The monoisotopic (exact) mass is 626 g/mol. The Morgan fingerprint density at radius 1 is 0.568 bits per heavy atom. The molecular formula is C36H36Cl2N4O2. The zero-order valence-corrected chi connectivity index (χ0v) is 26.6. The summed E-state index contributed by atoms with van der Waals surface area (Å²) in [5, 5.41) is 5.30. The molecule has 0 aliphatic rings. The number of unbranched alkanes of at least 4 members (excludes halogenated alkanes) is 5. The van der Waals surface area contributed by atoms with Crippen molar-refractivity contribution in [2.24, 2.45) is 5.73 Å². The lowest BCUT2D eigenvalue weighted by molar-refractivity contribution is 0.415. The van der Waals surface area contributed by atoms with Crippen LogP contribution in [-0.2, 0) is 0 Å². The van der Waals surface area contributed by atoms with Gasteiger partial charge in [-0.1, -0.05) is 48.9 Å². The van der Waals surface area contributed by atoms with Crippen molar-refractivity contribution in [3.63, 3.8) is 0 Å². The molecule has 44 heavy (non-hydrogen) atoms. The second-order valence-corrected chi connectivity index (χ2v) is 11.9. The second-order valence-electron chi connectivity index (χ2n) is 11.1. The molecule has 0 spiro atoms. The maximum Gasteiger partial charge on any atom is 0.121 e. The number of pyridine rings is 2. The summed E-state index contributed by atoms with van der Waals surface area (Å²) < 4.78 is 11.2. The van der Waals surface area contributed by atoms with Gasteiger partial charge in [-0.2, -0.15) is 0 Å². The Kier molecular flexibility index (Phi) is 9.22. The Labute approximate surface area is 267 Å². The lowest BCUT2D eigenvalue weighted by Gasteiger charge is -2.30. The zero-order valence-electron chi connectivity index (χ0n) is 25.1. The number of nitrogens with two attached hydrogens (primary N) is 1. The predicted octanol–water partition coefficient (Wildman–Crippen LogP) is 9.85. The third-order valence-electron chi connectivity index (χ3n) is 8.20. The van der Waals surface area contributed by atoms with Crippen LogP contribution in [0.5, 0.6) is 11.5 Å². The van der Waals surface area contributed by atoms with E-state index in [2.05, 4.69) is 17.0 Å². The topological polar surface area (TPSA) is 73.5 Å². The predicted molar refractivity (Wildman–Crippen MR) is 185 cm³/mol. The molecule has 0 aliphatic carbocycles. The Bertz CT molecular complexity index is 1830. The minimum absolute atomic E-state index is 0.658. The number of nitrogens with zero attached hydrogens (tertiary/aromatic N) is 3. The Balaban J connectivity index is 1.63. The van der Waals surface area contributed by atoms with Crippen molar-refractivity contribution in [3.8, 4) is 11.5 Å². The fourth-order valence-electron chi connectivity index (χ4n) is 6.04. The van der Waals surface area contributed by atoms with Gasteiger partial charge in [0, 0.05) is 50.3 Å². The van der Waals surface area contributed by atoms with Crippen LogP contribution in [0, 0.1) is 0 Å². The highest BCUT2D eigenvalue weighted by Gasteiger charge is 2.23. The number of hydrogen-bond donors (Lipinski definition) is 1. The summed E-state index contributed by atoms with van der Waals surface area (Å²) >= 11 is 13.3. The van der Waals surface area contributed by atoms with Crippen LogP contribution in [0.25, 0.3) is 43.6 Å². The maximum atomic E-state index is 6.66. The second kappa shape index (κ2) is 13.4. The molecule has 4 aromatic carbocycles. The van der Waals surface area contributed by atoms with Crippen LogP contribution in [0.15, 0.2) is 72.8 Å². The van der Waals surface area contributed by atoms with Gasteiger partial charge in [-0.25, -0.2) is 9.97 Å². The molecule has 2 N–H and O–H groups in total. The molecule has 0 unspecified atom stereocenters. The lowest BCUT2D eigenvalue weighted by Crippen LogP contribution is -2.20. The fourth-order valence-corrected chi connectivity index (χ4v) is 6.39. The van der Waals surface area contributed by atoms with E-state index in [4.69, 9.17) is 48.4 Å². The molecule has 2 heterocycles. The number of methoxy groups -OCH3 is 2. The van der Waals surface area contributed by atoms with Crippen molar-refractivity contribution < 1.29 is 9.47 Å². The Morgan fingerprint density at radius 3 is 1.52 bits per heavy atom. The summed E-state index contributed by atoms with van der Waals surface area (Å²) in [6.07, 6.45) is 6.68. The van der Waals surface area contributed by atoms with Crippen molar-refractivity contribution in [2.75, 3.05) is 32.2 Å². The van der Waals surface area contributed by atoms with Gasteiger partial charge in [0.2, 0.25) is 0 Å². The van der Waals surface area contributed by atoms with E-state index >= 15 is 0 Å². The van der Waals surface area contributed by atoms with Gasteiger partial charge in [-0.05, 0) is 80.1 Å². The molecule has 226 valence electrons. The standard InChI is InChI=1S/C36H36Cl2N4O2/c1-43-25-11-13-27-33(21-25)40-31-15-9-23(37)19-29(31)35(27)42(18-8-6-4-3-5-7-17-39)36-28-14-12-26(44-2)22-34(28)41-32-16-10-24(38)20-30(32)36/h9-16,19-22H,3-8,17-18,39H2,1-2H3. The van der Waals surface area contributed by atoms with Crippen LogP contribution in [0.2, 0.25) is 10.0 Å². The summed E-state index contributed by atoms with van der Waals surface area (Å²) in [6, 6.07) is 23.9. The maximum absolute atomic E-state index is 6.66. The van der Waals surface area contributed by atoms with Gasteiger partial charge in [0.1, 0.15) is 11.5 Å². The molecule has 0 fully saturated rings. The number of aromatic nitrogens is 2. The first-order valence-electron chi connectivity index (χ1n) is 15.1. The van der Waals surface area contributed by atoms with Crippen molar-refractivity contribution in [1.82, 2.24) is 9.97 Å². The lowest BCUT2D eigenvalue weighted by atomic mass is 10.0. The van der Waals surface area contributed by atoms with Crippen molar-refractivity contribution >= 4 is 78.2 Å². The quantitative estimate of drug-likeness (QED) is 0.108. The first-order chi connectivity index (χ1) is 21.5. The average molecular weight is 628 g/mol. The fraction of sp³-hybridized carbons (Fsp3) is 0.278. The van der Waals surface area contributed by atoms with E-state index in [0.29, 0.717) is 10.0 Å². The normalized spacial score (nSPS) is 11.6. The summed E-state index contributed by atoms with van der Waals surface area (Å²) in [5.41, 5.74) is 11.2. The molecule has 2 aromatic heterocycles. The number of anilines is 2. The van der Waals surface area contributed by atoms with Gasteiger partial charge in [0.05, 0.1) is 47.7 Å². The van der Waals surface area contributed by atoms with Crippen LogP contribution in [0.1, 0.15) is 38.5 Å². The first kappa shape index (κ1) is 30.2. The van der Waals surface area contributed by atoms with Gasteiger partial charge < -0.3 is 20.1 Å². The summed E-state index contributed by atoms with van der Waals surface area (Å²) in [7, 11) is 3.35. The molecule has 0 bridgehead atoms. The minimum atomic E-state index is 0.658. The molecule has 0 saturated heterocycles. The highest BCUT2D eigenvalue weighted by atomic mass is 35.5. The third kappa shape index (κ3) is 6.07. The van der Waals surface area contributed by atoms with Gasteiger partial charge in [0.25, 0.3) is 0 Å². The van der Waals surface area contributed by atoms with Crippen molar-refractivity contribution in [3.05, 3.63) is 82.8 Å². The van der Waals surface area contributed by atoms with Crippen LogP contribution in [-0.4, -0.2) is 37.3 Å². The molecule has 0 amide bonds. The molecule has 6 nitrogen and oxygen atoms in total. The SMILES string of the molecule is COc1ccc2c(N(CCCCCCCCN)c3c4ccc(OC)cc4nc4ccc(Cl)cc34)c3cc(Cl)ccc3nc2c1. The number of halogens is 2. The van der Waals surface area contributed by atoms with Gasteiger partial charge in [-0.3, -0.25) is 0 Å². The van der Waals surface area contributed by atoms with Crippen molar-refractivity contribution in [2.45, 2.75) is 38.5 Å². The Hall–Kier alpha value is -3.84. The average Bonchev–Trinajstić information content (AvgIpc) is 3.04. The molecule has 6 rings (SSSR count). The smallest absolute Gasteiger partial charge is 0.121 e. The number of ether oxygens (including phenoxy) is 2. The number of benzene rings is 4. The summed E-state index contributed by atoms with van der Waals surface area (Å²) in [5.74, 6) is 1.51. The highest BCUT2D eigenvalue weighted by molar-refractivity contribution is 6.32. The zero-order chi connectivity index (χ0) is 30.6. The number of rotatable bonds is 12. The molecular weight excluding hydrogens is 591 g/mol.